The van der Waals surface area contributed by atoms with Crippen LogP contribution in [0, 0.1) is 0 Å². The Balaban J connectivity index is 1.52. The third-order valence-corrected chi connectivity index (χ3v) is 5.19. The van der Waals surface area contributed by atoms with Crippen molar-refractivity contribution in [1.82, 2.24) is 15.2 Å². The van der Waals surface area contributed by atoms with E-state index in [1.54, 1.807) is 48.0 Å². The van der Waals surface area contributed by atoms with Crippen molar-refractivity contribution < 1.29 is 23.5 Å². The average Bonchev–Trinajstić information content (AvgIpc) is 3.47. The molecule has 0 bridgehead atoms. The molecule has 0 saturated carbocycles. The minimum Gasteiger partial charge on any atom is -0.467 e. The van der Waals surface area contributed by atoms with Crippen molar-refractivity contribution in [2.75, 3.05) is 32.1 Å². The number of rotatable bonds is 11. The molecule has 0 atom stereocenters. The quantitative estimate of drug-likeness (QED) is 0.458. The van der Waals surface area contributed by atoms with Crippen molar-refractivity contribution in [2.45, 2.75) is 13.0 Å². The number of ether oxygens (including phenoxy) is 1. The number of furan rings is 1. The predicted molar refractivity (Wildman–Crippen MR) is 119 cm³/mol. The summed E-state index contributed by atoms with van der Waals surface area (Å²) in [5.41, 5.74) is 1.03. The molecule has 0 aliphatic heterocycles. The molecule has 0 radical (unpaired) electrons. The Morgan fingerprint density at radius 2 is 1.94 bits per heavy atom. The summed E-state index contributed by atoms with van der Waals surface area (Å²) < 4.78 is 10.2. The number of nitrogens with zero attached hydrogens (tertiary/aromatic N) is 2. The Morgan fingerprint density at radius 3 is 2.66 bits per heavy atom. The maximum Gasteiger partial charge on any atom is 0.254 e. The molecule has 1 aromatic carbocycles. The van der Waals surface area contributed by atoms with Gasteiger partial charge in [0, 0.05) is 24.6 Å². The third kappa shape index (κ3) is 7.03. The summed E-state index contributed by atoms with van der Waals surface area (Å²) in [4.78, 5) is 43.0. The number of hydrogen-bond donors (Lipinski definition) is 2. The molecule has 9 nitrogen and oxygen atoms in total. The van der Waals surface area contributed by atoms with Crippen molar-refractivity contribution >= 4 is 34.2 Å². The van der Waals surface area contributed by atoms with Gasteiger partial charge in [0.2, 0.25) is 11.8 Å². The summed E-state index contributed by atoms with van der Waals surface area (Å²) in [6.07, 6.45) is 1.63. The summed E-state index contributed by atoms with van der Waals surface area (Å²) in [7, 11) is 1.53. The van der Waals surface area contributed by atoms with Gasteiger partial charge in [-0.1, -0.05) is 18.2 Å². The molecule has 2 N–H and O–H groups in total. The number of aromatic nitrogens is 1. The van der Waals surface area contributed by atoms with Crippen molar-refractivity contribution in [3.05, 3.63) is 71.1 Å². The van der Waals surface area contributed by atoms with Crippen LogP contribution in [0.2, 0.25) is 0 Å². The minimum absolute atomic E-state index is 0.0829. The Kier molecular flexibility index (Phi) is 8.52. The second kappa shape index (κ2) is 11.8. The molecule has 0 fully saturated rings. The highest BCUT2D eigenvalue weighted by Gasteiger charge is 2.19. The van der Waals surface area contributed by atoms with Gasteiger partial charge in [-0.3, -0.25) is 14.4 Å². The number of methoxy groups -OCH3 is 1. The van der Waals surface area contributed by atoms with E-state index in [1.165, 1.54) is 23.3 Å². The number of benzene rings is 1. The predicted octanol–water partition coefficient (Wildman–Crippen LogP) is 2.32. The largest absolute Gasteiger partial charge is 0.467 e. The van der Waals surface area contributed by atoms with Crippen LogP contribution in [-0.4, -0.2) is 54.4 Å². The SMILES string of the molecule is COCCN(CC(=O)Nc1nc(CC(=O)NCc2ccco2)cs1)C(=O)c1ccccc1. The van der Waals surface area contributed by atoms with E-state index in [9.17, 15) is 14.4 Å². The highest BCUT2D eigenvalue weighted by molar-refractivity contribution is 7.13. The molecular weight excluding hydrogens is 432 g/mol. The van der Waals surface area contributed by atoms with Crippen molar-refractivity contribution in [3.8, 4) is 0 Å². The van der Waals surface area contributed by atoms with Gasteiger partial charge in [-0.05, 0) is 24.3 Å². The van der Waals surface area contributed by atoms with Gasteiger partial charge < -0.3 is 24.7 Å². The number of carbonyl (C=O) groups excluding carboxylic acids is 3. The standard InChI is InChI=1S/C22H24N4O5S/c1-30-11-9-26(21(29)16-6-3-2-4-7-16)14-20(28)25-22-24-17(15-32-22)12-19(27)23-13-18-8-5-10-31-18/h2-8,10,15H,9,11-14H2,1H3,(H,23,27)(H,24,25,28). The maximum atomic E-state index is 12.7. The molecule has 0 aliphatic carbocycles. The van der Waals surface area contributed by atoms with Gasteiger partial charge in [-0.15, -0.1) is 11.3 Å². The van der Waals surface area contributed by atoms with E-state index in [4.69, 9.17) is 9.15 Å². The zero-order chi connectivity index (χ0) is 22.8. The Labute approximate surface area is 189 Å². The van der Waals surface area contributed by atoms with Crippen LogP contribution in [0.3, 0.4) is 0 Å². The molecule has 2 heterocycles. The van der Waals surface area contributed by atoms with Gasteiger partial charge in [-0.2, -0.15) is 0 Å². The first-order valence-electron chi connectivity index (χ1n) is 9.91. The van der Waals surface area contributed by atoms with E-state index in [-0.39, 0.29) is 37.2 Å². The fraction of sp³-hybridized carbons (Fsp3) is 0.273. The number of nitrogens with one attached hydrogen (secondary N) is 2. The van der Waals surface area contributed by atoms with E-state index in [0.717, 1.165) is 0 Å². The lowest BCUT2D eigenvalue weighted by Crippen LogP contribution is -2.40. The minimum atomic E-state index is -0.381. The molecule has 2 aromatic heterocycles. The zero-order valence-electron chi connectivity index (χ0n) is 17.6. The third-order valence-electron chi connectivity index (χ3n) is 4.39. The van der Waals surface area contributed by atoms with Crippen molar-refractivity contribution in [3.63, 3.8) is 0 Å². The van der Waals surface area contributed by atoms with E-state index in [0.29, 0.717) is 35.3 Å². The lowest BCUT2D eigenvalue weighted by Gasteiger charge is -2.21. The van der Waals surface area contributed by atoms with Gasteiger partial charge in [-0.25, -0.2) is 4.98 Å². The summed E-state index contributed by atoms with van der Waals surface area (Å²) in [5, 5.41) is 7.51. The van der Waals surface area contributed by atoms with E-state index < -0.39 is 0 Å². The highest BCUT2D eigenvalue weighted by Crippen LogP contribution is 2.16. The zero-order valence-corrected chi connectivity index (χ0v) is 18.4. The molecule has 0 unspecified atom stereocenters. The van der Waals surface area contributed by atoms with Crippen LogP contribution in [0.5, 0.6) is 0 Å². The van der Waals surface area contributed by atoms with Gasteiger partial charge in [0.1, 0.15) is 12.3 Å². The number of amides is 3. The van der Waals surface area contributed by atoms with Crippen molar-refractivity contribution in [1.29, 1.82) is 0 Å². The monoisotopic (exact) mass is 456 g/mol. The first-order chi connectivity index (χ1) is 15.5. The molecule has 0 saturated heterocycles. The molecule has 3 amide bonds. The Bertz CT molecular complexity index is 1020. The highest BCUT2D eigenvalue weighted by atomic mass is 32.1. The topological polar surface area (TPSA) is 114 Å². The number of anilines is 1. The first-order valence-corrected chi connectivity index (χ1v) is 10.8. The maximum absolute atomic E-state index is 12.7. The normalized spacial score (nSPS) is 10.5. The number of carbonyl (C=O) groups is 3. The van der Waals surface area contributed by atoms with Crippen LogP contribution in [0.15, 0.2) is 58.5 Å². The van der Waals surface area contributed by atoms with Crippen LogP contribution < -0.4 is 10.6 Å². The lowest BCUT2D eigenvalue weighted by molar-refractivity contribution is -0.120. The van der Waals surface area contributed by atoms with E-state index >= 15 is 0 Å². The van der Waals surface area contributed by atoms with Crippen molar-refractivity contribution in [2.24, 2.45) is 0 Å². The van der Waals surface area contributed by atoms with Crippen LogP contribution in [0.25, 0.3) is 0 Å². The first kappa shape index (κ1) is 23.2. The average molecular weight is 457 g/mol. The van der Waals surface area contributed by atoms with Gasteiger partial charge in [0.25, 0.3) is 5.91 Å². The van der Waals surface area contributed by atoms with Crippen LogP contribution in [0.1, 0.15) is 21.8 Å². The molecule has 3 rings (SSSR count). The fourth-order valence-electron chi connectivity index (χ4n) is 2.82. The lowest BCUT2D eigenvalue weighted by atomic mass is 10.2. The Morgan fingerprint density at radius 1 is 1.12 bits per heavy atom. The molecular formula is C22H24N4O5S. The van der Waals surface area contributed by atoms with E-state index in [1.807, 2.05) is 6.07 Å². The van der Waals surface area contributed by atoms with Crippen LogP contribution in [0.4, 0.5) is 5.13 Å². The smallest absolute Gasteiger partial charge is 0.254 e. The molecule has 10 heteroatoms. The summed E-state index contributed by atoms with van der Waals surface area (Å²) >= 11 is 1.22. The second-order valence-electron chi connectivity index (χ2n) is 6.81. The molecule has 3 aromatic rings. The summed E-state index contributed by atoms with van der Waals surface area (Å²) in [6.45, 7) is 0.735. The summed E-state index contributed by atoms with van der Waals surface area (Å²) in [6, 6.07) is 12.3. The van der Waals surface area contributed by atoms with Gasteiger partial charge >= 0.3 is 0 Å². The Hall–Kier alpha value is -3.50. The van der Waals surface area contributed by atoms with Crippen LogP contribution >= 0.6 is 11.3 Å². The number of hydrogen-bond acceptors (Lipinski definition) is 7. The molecule has 168 valence electrons. The fourth-order valence-corrected chi connectivity index (χ4v) is 3.55. The van der Waals surface area contributed by atoms with Gasteiger partial charge in [0.15, 0.2) is 5.13 Å². The molecule has 32 heavy (non-hydrogen) atoms. The summed E-state index contributed by atoms with van der Waals surface area (Å²) in [5.74, 6) is -0.184. The second-order valence-corrected chi connectivity index (χ2v) is 7.67. The van der Waals surface area contributed by atoms with E-state index in [2.05, 4.69) is 15.6 Å². The molecule has 0 spiro atoms. The van der Waals surface area contributed by atoms with Crippen LogP contribution in [-0.2, 0) is 27.3 Å². The van der Waals surface area contributed by atoms with Gasteiger partial charge in [0.05, 0.1) is 31.5 Å². The molecule has 0 aliphatic rings. The number of thiazole rings is 1.